The summed E-state index contributed by atoms with van der Waals surface area (Å²) in [4.78, 5) is 4.24. The largest absolute Gasteiger partial charge is 0.492 e. The molecular weight excluding hydrogens is 228 g/mol. The fraction of sp³-hybridized carbons (Fsp3) is 0.643. The fourth-order valence-corrected chi connectivity index (χ4v) is 1.79. The molecule has 0 aliphatic carbocycles. The summed E-state index contributed by atoms with van der Waals surface area (Å²) in [5.74, 6) is 0.842. The van der Waals surface area contributed by atoms with Gasteiger partial charge in [-0.05, 0) is 31.0 Å². The van der Waals surface area contributed by atoms with E-state index >= 15 is 0 Å². The van der Waals surface area contributed by atoms with E-state index in [-0.39, 0.29) is 6.04 Å². The van der Waals surface area contributed by atoms with E-state index in [1.54, 1.807) is 13.3 Å². The molecule has 0 saturated carbocycles. The molecule has 0 saturated heterocycles. The standard InChI is InChI=1S/C14H24N2O2/c1-4-7-18-13-9-12(10-15-11-13)14(16-5-2)6-8-17-3/h9-11,14,16H,4-8H2,1-3H3. The Hall–Kier alpha value is -1.13. The highest BCUT2D eigenvalue weighted by atomic mass is 16.5. The van der Waals surface area contributed by atoms with E-state index in [1.165, 1.54) is 0 Å². The minimum absolute atomic E-state index is 0.271. The Labute approximate surface area is 110 Å². The zero-order valence-corrected chi connectivity index (χ0v) is 11.6. The summed E-state index contributed by atoms with van der Waals surface area (Å²) < 4.78 is 10.8. The zero-order chi connectivity index (χ0) is 13.2. The SMILES string of the molecule is CCCOc1cncc(C(CCOC)NCC)c1. The topological polar surface area (TPSA) is 43.4 Å². The third kappa shape index (κ3) is 5.02. The average Bonchev–Trinajstić information content (AvgIpc) is 2.41. The molecule has 1 aromatic rings. The maximum atomic E-state index is 5.61. The highest BCUT2D eigenvalue weighted by molar-refractivity contribution is 5.26. The van der Waals surface area contributed by atoms with E-state index in [0.29, 0.717) is 0 Å². The van der Waals surface area contributed by atoms with Gasteiger partial charge in [0.05, 0.1) is 12.8 Å². The minimum atomic E-state index is 0.271. The highest BCUT2D eigenvalue weighted by Gasteiger charge is 2.11. The summed E-state index contributed by atoms with van der Waals surface area (Å²) in [5.41, 5.74) is 1.16. The Morgan fingerprint density at radius 2 is 2.11 bits per heavy atom. The van der Waals surface area contributed by atoms with Crippen LogP contribution in [0.5, 0.6) is 5.75 Å². The van der Waals surface area contributed by atoms with E-state index in [0.717, 1.165) is 43.9 Å². The lowest BCUT2D eigenvalue weighted by Gasteiger charge is -2.18. The molecule has 1 N–H and O–H groups in total. The third-order valence-corrected chi connectivity index (χ3v) is 2.67. The Morgan fingerprint density at radius 1 is 1.28 bits per heavy atom. The van der Waals surface area contributed by atoms with Gasteiger partial charge in [0.25, 0.3) is 0 Å². The predicted molar refractivity (Wildman–Crippen MR) is 72.9 cm³/mol. The van der Waals surface area contributed by atoms with Crippen LogP contribution in [0.2, 0.25) is 0 Å². The molecule has 102 valence electrons. The van der Waals surface area contributed by atoms with Crippen LogP contribution in [0.15, 0.2) is 18.5 Å². The number of nitrogens with zero attached hydrogens (tertiary/aromatic N) is 1. The average molecular weight is 252 g/mol. The Balaban J connectivity index is 2.70. The van der Waals surface area contributed by atoms with Crippen molar-refractivity contribution in [2.75, 3.05) is 26.9 Å². The van der Waals surface area contributed by atoms with Gasteiger partial charge >= 0.3 is 0 Å². The first-order chi connectivity index (χ1) is 8.81. The van der Waals surface area contributed by atoms with Gasteiger partial charge in [-0.1, -0.05) is 13.8 Å². The first kappa shape index (κ1) is 14.9. The molecule has 0 aromatic carbocycles. The summed E-state index contributed by atoms with van der Waals surface area (Å²) in [6, 6.07) is 2.33. The lowest BCUT2D eigenvalue weighted by molar-refractivity contribution is 0.183. The molecule has 4 heteroatoms. The molecule has 0 radical (unpaired) electrons. The summed E-state index contributed by atoms with van der Waals surface area (Å²) in [6.07, 6.45) is 5.59. The Kier molecular flexibility index (Phi) is 7.37. The summed E-state index contributed by atoms with van der Waals surface area (Å²) in [6.45, 7) is 6.59. The third-order valence-electron chi connectivity index (χ3n) is 2.67. The highest BCUT2D eigenvalue weighted by Crippen LogP contribution is 2.20. The lowest BCUT2D eigenvalue weighted by atomic mass is 10.1. The number of methoxy groups -OCH3 is 1. The van der Waals surface area contributed by atoms with Crippen molar-refractivity contribution in [3.8, 4) is 5.75 Å². The second-order valence-corrected chi connectivity index (χ2v) is 4.19. The van der Waals surface area contributed by atoms with Crippen molar-refractivity contribution in [3.63, 3.8) is 0 Å². The van der Waals surface area contributed by atoms with Crippen molar-refractivity contribution < 1.29 is 9.47 Å². The number of hydrogen-bond acceptors (Lipinski definition) is 4. The maximum Gasteiger partial charge on any atom is 0.137 e. The van der Waals surface area contributed by atoms with E-state index < -0.39 is 0 Å². The molecule has 1 aromatic heterocycles. The van der Waals surface area contributed by atoms with Gasteiger partial charge in [-0.15, -0.1) is 0 Å². The summed E-state index contributed by atoms with van der Waals surface area (Å²) in [7, 11) is 1.72. The molecule has 4 nitrogen and oxygen atoms in total. The fourth-order valence-electron chi connectivity index (χ4n) is 1.79. The minimum Gasteiger partial charge on any atom is -0.492 e. The molecular formula is C14H24N2O2. The van der Waals surface area contributed by atoms with Crippen LogP contribution in [0, 0.1) is 0 Å². The van der Waals surface area contributed by atoms with Crippen LogP contribution in [0.3, 0.4) is 0 Å². The molecule has 18 heavy (non-hydrogen) atoms. The van der Waals surface area contributed by atoms with Crippen molar-refractivity contribution in [2.45, 2.75) is 32.7 Å². The lowest BCUT2D eigenvalue weighted by Crippen LogP contribution is -2.22. The van der Waals surface area contributed by atoms with E-state index in [9.17, 15) is 0 Å². The molecule has 0 amide bonds. The molecule has 1 rings (SSSR count). The van der Waals surface area contributed by atoms with Crippen LogP contribution in [0.1, 0.15) is 38.3 Å². The van der Waals surface area contributed by atoms with Crippen molar-refractivity contribution in [1.82, 2.24) is 10.3 Å². The van der Waals surface area contributed by atoms with Crippen molar-refractivity contribution in [1.29, 1.82) is 0 Å². The number of rotatable bonds is 9. The number of aromatic nitrogens is 1. The molecule has 0 aliphatic rings. The molecule has 1 atom stereocenters. The van der Waals surface area contributed by atoms with E-state index in [4.69, 9.17) is 9.47 Å². The van der Waals surface area contributed by atoms with Gasteiger partial charge in [0, 0.05) is 26.0 Å². The Bertz CT molecular complexity index is 331. The first-order valence-electron chi connectivity index (χ1n) is 6.61. The zero-order valence-electron chi connectivity index (χ0n) is 11.6. The number of ether oxygens (including phenoxy) is 2. The molecule has 0 bridgehead atoms. The van der Waals surface area contributed by atoms with Gasteiger partial charge < -0.3 is 14.8 Å². The van der Waals surface area contributed by atoms with Crippen molar-refractivity contribution in [2.24, 2.45) is 0 Å². The van der Waals surface area contributed by atoms with Gasteiger partial charge in [-0.2, -0.15) is 0 Å². The molecule has 0 spiro atoms. The first-order valence-corrected chi connectivity index (χ1v) is 6.61. The maximum absolute atomic E-state index is 5.61. The van der Waals surface area contributed by atoms with Gasteiger partial charge in [0.1, 0.15) is 5.75 Å². The quantitative estimate of drug-likeness (QED) is 0.733. The van der Waals surface area contributed by atoms with Gasteiger partial charge in [-0.3, -0.25) is 4.98 Å². The normalized spacial score (nSPS) is 12.4. The van der Waals surface area contributed by atoms with Crippen LogP contribution in [0.4, 0.5) is 0 Å². The monoisotopic (exact) mass is 252 g/mol. The molecule has 1 heterocycles. The van der Waals surface area contributed by atoms with Crippen molar-refractivity contribution >= 4 is 0 Å². The smallest absolute Gasteiger partial charge is 0.137 e. The molecule has 0 aliphatic heterocycles. The van der Waals surface area contributed by atoms with Crippen LogP contribution in [0.25, 0.3) is 0 Å². The van der Waals surface area contributed by atoms with Crippen LogP contribution in [-0.2, 0) is 4.74 Å². The number of nitrogens with one attached hydrogen (secondary N) is 1. The van der Waals surface area contributed by atoms with Crippen LogP contribution in [-0.4, -0.2) is 31.9 Å². The second kappa shape index (κ2) is 8.89. The van der Waals surface area contributed by atoms with Gasteiger partial charge in [0.2, 0.25) is 0 Å². The molecule has 0 fully saturated rings. The molecule has 1 unspecified atom stereocenters. The predicted octanol–water partition coefficient (Wildman–Crippen LogP) is 2.56. The summed E-state index contributed by atoms with van der Waals surface area (Å²) in [5, 5.41) is 3.44. The van der Waals surface area contributed by atoms with Crippen molar-refractivity contribution in [3.05, 3.63) is 24.0 Å². The van der Waals surface area contributed by atoms with Gasteiger partial charge in [0.15, 0.2) is 0 Å². The number of hydrogen-bond donors (Lipinski definition) is 1. The second-order valence-electron chi connectivity index (χ2n) is 4.19. The van der Waals surface area contributed by atoms with E-state index in [2.05, 4.69) is 30.2 Å². The summed E-state index contributed by atoms with van der Waals surface area (Å²) >= 11 is 0. The van der Waals surface area contributed by atoms with E-state index in [1.807, 2.05) is 6.20 Å². The van der Waals surface area contributed by atoms with Crippen LogP contribution < -0.4 is 10.1 Å². The van der Waals surface area contributed by atoms with Crippen LogP contribution >= 0.6 is 0 Å². The number of pyridine rings is 1. The van der Waals surface area contributed by atoms with Gasteiger partial charge in [-0.25, -0.2) is 0 Å². The Morgan fingerprint density at radius 3 is 2.78 bits per heavy atom.